The van der Waals surface area contributed by atoms with Crippen LogP contribution < -0.4 is 10.6 Å². The maximum atomic E-state index is 11.5. The van der Waals surface area contributed by atoms with Crippen molar-refractivity contribution < 1.29 is 14.7 Å². The molecule has 3 N–H and O–H groups in total. The van der Waals surface area contributed by atoms with Crippen LogP contribution in [0, 0.1) is 11.3 Å². The summed E-state index contributed by atoms with van der Waals surface area (Å²) >= 11 is 0. The molecule has 0 aliphatic heterocycles. The fraction of sp³-hybridized carbons (Fsp3) is 0.846. The average Bonchev–Trinajstić information content (AvgIpc) is 2.19. The van der Waals surface area contributed by atoms with Crippen LogP contribution in [0.4, 0.5) is 0 Å². The molecule has 0 spiro atoms. The number of carbonyl (C=O) groups excluding carboxylic acids is 1. The van der Waals surface area contributed by atoms with E-state index in [9.17, 15) is 9.59 Å². The molecule has 0 saturated heterocycles. The van der Waals surface area contributed by atoms with Crippen LogP contribution in [-0.4, -0.2) is 36.1 Å². The number of hydrogen-bond acceptors (Lipinski definition) is 3. The van der Waals surface area contributed by atoms with Crippen molar-refractivity contribution in [2.24, 2.45) is 11.3 Å². The first-order valence-corrected chi connectivity index (χ1v) is 6.34. The maximum absolute atomic E-state index is 11.5. The molecule has 0 aliphatic carbocycles. The van der Waals surface area contributed by atoms with Crippen LogP contribution in [0.15, 0.2) is 0 Å². The Morgan fingerprint density at radius 3 is 2.17 bits per heavy atom. The summed E-state index contributed by atoms with van der Waals surface area (Å²) in [6.45, 7) is 10.3. The number of aliphatic carboxylic acids is 1. The molecule has 0 rings (SSSR count). The van der Waals surface area contributed by atoms with Crippen LogP contribution >= 0.6 is 0 Å². The highest BCUT2D eigenvalue weighted by molar-refractivity contribution is 5.79. The van der Waals surface area contributed by atoms with E-state index in [1.807, 2.05) is 34.6 Å². The molecule has 1 unspecified atom stereocenters. The monoisotopic (exact) mass is 258 g/mol. The molecule has 0 bridgehead atoms. The zero-order valence-electron chi connectivity index (χ0n) is 12.0. The molecule has 0 radical (unpaired) electrons. The van der Waals surface area contributed by atoms with E-state index in [1.54, 1.807) is 0 Å². The first-order valence-electron chi connectivity index (χ1n) is 6.34. The van der Waals surface area contributed by atoms with Gasteiger partial charge in [-0.25, -0.2) is 0 Å². The second-order valence-electron chi connectivity index (χ2n) is 6.14. The minimum atomic E-state index is -0.859. The second-order valence-corrected chi connectivity index (χ2v) is 6.14. The van der Waals surface area contributed by atoms with Gasteiger partial charge in [0, 0.05) is 12.6 Å². The van der Waals surface area contributed by atoms with Crippen LogP contribution in [0.2, 0.25) is 0 Å². The van der Waals surface area contributed by atoms with Gasteiger partial charge in [-0.3, -0.25) is 9.59 Å². The van der Waals surface area contributed by atoms with E-state index < -0.39 is 11.9 Å². The molecule has 5 nitrogen and oxygen atoms in total. The summed E-state index contributed by atoms with van der Waals surface area (Å²) in [6.07, 6.45) is 0.542. The smallest absolute Gasteiger partial charge is 0.308 e. The number of hydrogen-bond donors (Lipinski definition) is 3. The van der Waals surface area contributed by atoms with Crippen molar-refractivity contribution in [1.82, 2.24) is 10.6 Å². The number of nitrogens with one attached hydrogen (secondary N) is 2. The molecule has 0 aliphatic rings. The molecule has 0 fully saturated rings. The van der Waals surface area contributed by atoms with Gasteiger partial charge in [0.05, 0.1) is 12.5 Å². The van der Waals surface area contributed by atoms with Gasteiger partial charge in [0.25, 0.3) is 0 Å². The molecule has 0 aromatic heterocycles. The summed E-state index contributed by atoms with van der Waals surface area (Å²) < 4.78 is 0. The third-order valence-electron chi connectivity index (χ3n) is 2.42. The van der Waals surface area contributed by atoms with Gasteiger partial charge in [0.15, 0.2) is 0 Å². The Hall–Kier alpha value is -1.10. The quantitative estimate of drug-likeness (QED) is 0.642. The lowest BCUT2D eigenvalue weighted by Gasteiger charge is -2.23. The zero-order chi connectivity index (χ0) is 14.3. The van der Waals surface area contributed by atoms with Gasteiger partial charge in [-0.2, -0.15) is 0 Å². The lowest BCUT2D eigenvalue weighted by atomic mass is 9.84. The van der Waals surface area contributed by atoms with Crippen molar-refractivity contribution >= 4 is 11.9 Å². The predicted molar refractivity (Wildman–Crippen MR) is 71.3 cm³/mol. The van der Waals surface area contributed by atoms with E-state index in [4.69, 9.17) is 5.11 Å². The fourth-order valence-corrected chi connectivity index (χ4v) is 1.58. The number of carbonyl (C=O) groups is 2. The standard InChI is InChI=1S/C13H26N2O3/c1-9(2)14-8-11(16)15-7-10(12(17)18)6-13(3,4)5/h9-10,14H,6-8H2,1-5H3,(H,15,16)(H,17,18). The number of amides is 1. The van der Waals surface area contributed by atoms with Gasteiger partial charge >= 0.3 is 5.97 Å². The topological polar surface area (TPSA) is 78.4 Å². The Balaban J connectivity index is 4.12. The summed E-state index contributed by atoms with van der Waals surface area (Å²) in [7, 11) is 0. The Kier molecular flexibility index (Phi) is 6.91. The van der Waals surface area contributed by atoms with Gasteiger partial charge in [-0.1, -0.05) is 34.6 Å². The van der Waals surface area contributed by atoms with Gasteiger partial charge in [-0.15, -0.1) is 0 Å². The first kappa shape index (κ1) is 16.9. The van der Waals surface area contributed by atoms with E-state index in [0.717, 1.165) is 0 Å². The number of rotatable bonds is 7. The minimum absolute atomic E-state index is 0.0655. The van der Waals surface area contributed by atoms with E-state index in [2.05, 4.69) is 10.6 Å². The SMILES string of the molecule is CC(C)NCC(=O)NCC(CC(C)(C)C)C(=O)O. The van der Waals surface area contributed by atoms with Gasteiger partial charge in [0.2, 0.25) is 5.91 Å². The average molecular weight is 258 g/mol. The molecule has 0 heterocycles. The maximum Gasteiger partial charge on any atom is 0.308 e. The van der Waals surface area contributed by atoms with Crippen LogP contribution in [0.25, 0.3) is 0 Å². The summed E-state index contributed by atoms with van der Waals surface area (Å²) in [5.41, 5.74) is -0.0655. The molecular formula is C13H26N2O3. The molecule has 1 atom stereocenters. The van der Waals surface area contributed by atoms with Gasteiger partial charge in [0.1, 0.15) is 0 Å². The Bertz CT molecular complexity index is 282. The van der Waals surface area contributed by atoms with E-state index in [0.29, 0.717) is 6.42 Å². The summed E-state index contributed by atoms with van der Waals surface area (Å²) in [4.78, 5) is 22.6. The van der Waals surface area contributed by atoms with E-state index >= 15 is 0 Å². The van der Waals surface area contributed by atoms with Crippen LogP contribution in [0.3, 0.4) is 0 Å². The molecule has 18 heavy (non-hydrogen) atoms. The minimum Gasteiger partial charge on any atom is -0.481 e. The van der Waals surface area contributed by atoms with Gasteiger partial charge in [-0.05, 0) is 11.8 Å². The lowest BCUT2D eigenvalue weighted by molar-refractivity contribution is -0.142. The van der Waals surface area contributed by atoms with E-state index in [-0.39, 0.29) is 30.5 Å². The summed E-state index contributed by atoms with van der Waals surface area (Å²) in [5, 5.41) is 14.7. The largest absolute Gasteiger partial charge is 0.481 e. The van der Waals surface area contributed by atoms with Crippen LogP contribution in [0.5, 0.6) is 0 Å². The number of carboxylic acids is 1. The Morgan fingerprint density at radius 2 is 1.78 bits per heavy atom. The Morgan fingerprint density at radius 1 is 1.22 bits per heavy atom. The third kappa shape index (κ3) is 8.98. The first-order chi connectivity index (χ1) is 8.11. The summed E-state index contributed by atoms with van der Waals surface area (Å²) in [6, 6.07) is 0.237. The molecule has 0 saturated carbocycles. The molecule has 106 valence electrons. The normalized spacial score (nSPS) is 13.4. The van der Waals surface area contributed by atoms with Crippen molar-refractivity contribution in [2.75, 3.05) is 13.1 Å². The fourth-order valence-electron chi connectivity index (χ4n) is 1.58. The Labute approximate surface area is 109 Å². The highest BCUT2D eigenvalue weighted by Gasteiger charge is 2.24. The summed E-state index contributed by atoms with van der Waals surface area (Å²) in [5.74, 6) is -1.56. The lowest BCUT2D eigenvalue weighted by Crippen LogP contribution is -2.40. The highest BCUT2D eigenvalue weighted by Crippen LogP contribution is 2.24. The predicted octanol–water partition coefficient (Wildman–Crippen LogP) is 1.24. The van der Waals surface area contributed by atoms with E-state index in [1.165, 1.54) is 0 Å². The van der Waals surface area contributed by atoms with Crippen molar-refractivity contribution in [1.29, 1.82) is 0 Å². The molecule has 0 aromatic carbocycles. The number of carboxylic acid groups (broad SMARTS) is 1. The highest BCUT2D eigenvalue weighted by atomic mass is 16.4. The molecule has 0 aromatic rings. The van der Waals surface area contributed by atoms with Crippen molar-refractivity contribution in [2.45, 2.75) is 47.1 Å². The third-order valence-corrected chi connectivity index (χ3v) is 2.42. The van der Waals surface area contributed by atoms with Crippen molar-refractivity contribution in [3.05, 3.63) is 0 Å². The van der Waals surface area contributed by atoms with Gasteiger partial charge < -0.3 is 15.7 Å². The zero-order valence-corrected chi connectivity index (χ0v) is 12.0. The van der Waals surface area contributed by atoms with Crippen LogP contribution in [-0.2, 0) is 9.59 Å². The molecular weight excluding hydrogens is 232 g/mol. The molecule has 5 heteroatoms. The van der Waals surface area contributed by atoms with Crippen LogP contribution in [0.1, 0.15) is 41.0 Å². The van der Waals surface area contributed by atoms with Crippen molar-refractivity contribution in [3.8, 4) is 0 Å². The molecule has 1 amide bonds. The van der Waals surface area contributed by atoms with Crippen molar-refractivity contribution in [3.63, 3.8) is 0 Å². The second kappa shape index (κ2) is 7.36.